The van der Waals surface area contributed by atoms with Gasteiger partial charge >= 0.3 is 0 Å². The van der Waals surface area contributed by atoms with Gasteiger partial charge in [-0.2, -0.15) is 0 Å². The quantitative estimate of drug-likeness (QED) is 0.642. The van der Waals surface area contributed by atoms with Crippen LogP contribution in [0.15, 0.2) is 53.3 Å². The van der Waals surface area contributed by atoms with Crippen LogP contribution in [0.25, 0.3) is 0 Å². The summed E-state index contributed by atoms with van der Waals surface area (Å²) >= 11 is 0. The van der Waals surface area contributed by atoms with E-state index in [0.29, 0.717) is 32.3 Å². The van der Waals surface area contributed by atoms with Gasteiger partial charge in [0.1, 0.15) is 11.6 Å². The summed E-state index contributed by atoms with van der Waals surface area (Å²) in [6.45, 7) is 5.47. The second-order valence-corrected chi connectivity index (χ2v) is 7.43. The Kier molecular flexibility index (Phi) is 5.55. The molecule has 0 saturated carbocycles. The zero-order valence-electron chi connectivity index (χ0n) is 17.4. The van der Waals surface area contributed by atoms with E-state index < -0.39 is 0 Å². The number of benzene rings is 2. The Morgan fingerprint density at radius 2 is 1.77 bits per heavy atom. The molecule has 156 valence electrons. The van der Waals surface area contributed by atoms with Crippen LogP contribution in [0.2, 0.25) is 0 Å². The lowest BCUT2D eigenvalue weighted by molar-refractivity contribution is 0.189. The minimum absolute atomic E-state index is 0.0217. The maximum atomic E-state index is 13.5. The minimum Gasteiger partial charge on any atom is -0.497 e. The lowest BCUT2D eigenvalue weighted by atomic mass is 10.2. The highest BCUT2D eigenvalue weighted by Crippen LogP contribution is 2.28. The molecule has 1 aromatic heterocycles. The first-order valence-electron chi connectivity index (χ1n) is 9.99. The average Bonchev–Trinajstić information content (AvgIpc) is 2.75. The second-order valence-electron chi connectivity index (χ2n) is 7.43. The Hall–Kier alpha value is -3.19. The molecular formula is C23H25FN4O2. The molecule has 1 aliphatic rings. The van der Waals surface area contributed by atoms with Gasteiger partial charge in [-0.3, -0.25) is 19.2 Å². The van der Waals surface area contributed by atoms with Crippen LogP contribution in [0.3, 0.4) is 0 Å². The van der Waals surface area contributed by atoms with Gasteiger partial charge in [0.05, 0.1) is 20.4 Å². The Labute approximate surface area is 175 Å². The van der Waals surface area contributed by atoms with Crippen LogP contribution in [0.5, 0.6) is 5.75 Å². The Morgan fingerprint density at radius 3 is 2.40 bits per heavy atom. The van der Waals surface area contributed by atoms with Crippen molar-refractivity contribution in [2.24, 2.45) is 0 Å². The molecule has 0 bridgehead atoms. The first-order chi connectivity index (χ1) is 14.5. The summed E-state index contributed by atoms with van der Waals surface area (Å²) < 4.78 is 20.4. The van der Waals surface area contributed by atoms with Gasteiger partial charge in [-0.25, -0.2) is 9.37 Å². The largest absolute Gasteiger partial charge is 0.497 e. The molecule has 0 spiro atoms. The van der Waals surface area contributed by atoms with Crippen molar-refractivity contribution in [1.29, 1.82) is 0 Å². The molecule has 0 aliphatic carbocycles. The maximum absolute atomic E-state index is 13.5. The van der Waals surface area contributed by atoms with Crippen LogP contribution in [0, 0.1) is 12.7 Å². The van der Waals surface area contributed by atoms with Crippen LogP contribution in [0.4, 0.5) is 16.0 Å². The summed E-state index contributed by atoms with van der Waals surface area (Å²) in [6, 6.07) is 14.2. The van der Waals surface area contributed by atoms with E-state index in [4.69, 9.17) is 9.72 Å². The molecule has 0 saturated heterocycles. The number of hydrogen-bond acceptors (Lipinski definition) is 5. The standard InChI is InChI=1S/C23H25FN4O2/c1-4-21-16(2)25-23-27(19-9-7-18(24)8-10-19)14-26(15-28(23)22(21)29)13-17-5-11-20(30-3)12-6-17/h5-12H,4,13-15H2,1-3H3. The number of aromatic nitrogens is 2. The highest BCUT2D eigenvalue weighted by molar-refractivity contribution is 5.58. The zero-order valence-corrected chi connectivity index (χ0v) is 17.4. The van der Waals surface area contributed by atoms with E-state index in [1.165, 1.54) is 12.1 Å². The lowest BCUT2D eigenvalue weighted by Gasteiger charge is -2.38. The number of aryl methyl sites for hydroxylation is 1. The fourth-order valence-corrected chi connectivity index (χ4v) is 3.84. The number of nitrogens with zero attached hydrogens (tertiary/aromatic N) is 4. The Balaban J connectivity index is 1.74. The van der Waals surface area contributed by atoms with Gasteiger partial charge in [0.25, 0.3) is 5.56 Å². The van der Waals surface area contributed by atoms with Gasteiger partial charge < -0.3 is 4.74 Å². The van der Waals surface area contributed by atoms with Gasteiger partial charge in [0.2, 0.25) is 5.95 Å². The van der Waals surface area contributed by atoms with E-state index in [1.54, 1.807) is 23.8 Å². The molecule has 3 aromatic rings. The van der Waals surface area contributed by atoms with Crippen molar-refractivity contribution in [2.75, 3.05) is 18.7 Å². The normalized spacial score (nSPS) is 13.9. The fourth-order valence-electron chi connectivity index (χ4n) is 3.84. The van der Waals surface area contributed by atoms with Crippen molar-refractivity contribution in [3.8, 4) is 5.75 Å². The van der Waals surface area contributed by atoms with Gasteiger partial charge in [-0.05, 0) is 55.3 Å². The highest BCUT2D eigenvalue weighted by Gasteiger charge is 2.27. The number of anilines is 2. The molecule has 0 radical (unpaired) electrons. The third-order valence-corrected chi connectivity index (χ3v) is 5.43. The molecular weight excluding hydrogens is 383 g/mol. The summed E-state index contributed by atoms with van der Waals surface area (Å²) in [5.74, 6) is 1.10. The molecule has 4 rings (SSSR count). The van der Waals surface area contributed by atoms with Gasteiger partial charge in [-0.1, -0.05) is 19.1 Å². The van der Waals surface area contributed by atoms with Crippen LogP contribution in [-0.2, 0) is 19.6 Å². The van der Waals surface area contributed by atoms with Crippen molar-refractivity contribution in [2.45, 2.75) is 33.5 Å². The Morgan fingerprint density at radius 1 is 1.07 bits per heavy atom. The fraction of sp³-hybridized carbons (Fsp3) is 0.304. The number of rotatable bonds is 5. The molecule has 7 heteroatoms. The van der Waals surface area contributed by atoms with Gasteiger partial charge in [0.15, 0.2) is 0 Å². The van der Waals surface area contributed by atoms with E-state index >= 15 is 0 Å². The van der Waals surface area contributed by atoms with Crippen LogP contribution >= 0.6 is 0 Å². The molecule has 0 N–H and O–H groups in total. The van der Waals surface area contributed by atoms with E-state index in [1.807, 2.05) is 43.0 Å². The van der Waals surface area contributed by atoms with Crippen LogP contribution in [0.1, 0.15) is 23.7 Å². The summed E-state index contributed by atoms with van der Waals surface area (Å²) in [4.78, 5) is 22.0. The molecule has 6 nitrogen and oxygen atoms in total. The van der Waals surface area contributed by atoms with E-state index in [2.05, 4.69) is 4.90 Å². The summed E-state index contributed by atoms with van der Waals surface area (Å²) in [6.07, 6.45) is 0.632. The lowest BCUT2D eigenvalue weighted by Crippen LogP contribution is -2.47. The smallest absolute Gasteiger partial charge is 0.259 e. The highest BCUT2D eigenvalue weighted by atomic mass is 19.1. The molecule has 1 aliphatic heterocycles. The van der Waals surface area contributed by atoms with E-state index in [-0.39, 0.29) is 11.4 Å². The number of hydrogen-bond donors (Lipinski definition) is 0. The number of halogens is 1. The summed E-state index contributed by atoms with van der Waals surface area (Å²) in [7, 11) is 1.64. The van der Waals surface area contributed by atoms with Crippen molar-refractivity contribution in [3.63, 3.8) is 0 Å². The molecule has 0 atom stereocenters. The Bertz CT molecular complexity index is 1090. The van der Waals surface area contributed by atoms with Crippen LogP contribution < -0.4 is 15.2 Å². The first kappa shape index (κ1) is 20.1. The van der Waals surface area contributed by atoms with Crippen molar-refractivity contribution in [1.82, 2.24) is 14.5 Å². The van der Waals surface area contributed by atoms with Crippen molar-refractivity contribution in [3.05, 3.63) is 81.5 Å². The molecule has 0 amide bonds. The summed E-state index contributed by atoms with van der Waals surface area (Å²) in [5, 5.41) is 0. The predicted octanol–water partition coefficient (Wildman–Crippen LogP) is 3.83. The average molecular weight is 408 g/mol. The molecule has 2 aromatic carbocycles. The number of methoxy groups -OCH3 is 1. The van der Waals surface area contributed by atoms with Gasteiger partial charge in [-0.15, -0.1) is 0 Å². The topological polar surface area (TPSA) is 50.6 Å². The maximum Gasteiger partial charge on any atom is 0.259 e. The van der Waals surface area contributed by atoms with E-state index in [0.717, 1.165) is 28.3 Å². The predicted molar refractivity (Wildman–Crippen MR) is 115 cm³/mol. The van der Waals surface area contributed by atoms with Crippen LogP contribution in [-0.4, -0.2) is 28.2 Å². The SMILES string of the molecule is CCc1c(C)nc2n(c1=O)CN(Cc1ccc(OC)cc1)CN2c1ccc(F)cc1. The third kappa shape index (κ3) is 3.80. The minimum atomic E-state index is -0.297. The molecule has 0 fully saturated rings. The molecule has 2 heterocycles. The first-order valence-corrected chi connectivity index (χ1v) is 9.99. The number of fused-ring (bicyclic) bond motifs is 1. The summed E-state index contributed by atoms with van der Waals surface area (Å²) in [5.41, 5.74) is 3.35. The van der Waals surface area contributed by atoms with Gasteiger partial charge in [0, 0.05) is 23.5 Å². The zero-order chi connectivity index (χ0) is 21.3. The third-order valence-electron chi connectivity index (χ3n) is 5.43. The molecule has 30 heavy (non-hydrogen) atoms. The van der Waals surface area contributed by atoms with Crippen molar-refractivity contribution < 1.29 is 9.13 Å². The van der Waals surface area contributed by atoms with E-state index in [9.17, 15) is 9.18 Å². The van der Waals surface area contributed by atoms with Crippen molar-refractivity contribution >= 4 is 11.6 Å². The monoisotopic (exact) mass is 408 g/mol. The second kappa shape index (κ2) is 8.28. The number of ether oxygens (including phenoxy) is 1. The molecule has 0 unspecified atom stereocenters.